The highest BCUT2D eigenvalue weighted by Gasteiger charge is 2.11. The summed E-state index contributed by atoms with van der Waals surface area (Å²) in [5.41, 5.74) is 0. The van der Waals surface area contributed by atoms with Gasteiger partial charge in [0.1, 0.15) is 5.75 Å². The Morgan fingerprint density at radius 3 is 2.85 bits per heavy atom. The van der Waals surface area contributed by atoms with Crippen LogP contribution >= 0.6 is 22.6 Å². The molecule has 0 amide bonds. The Hall–Kier alpha value is -0.780. The number of benzene rings is 1. The minimum atomic E-state index is -0.959. The lowest BCUT2D eigenvalue weighted by Gasteiger charge is -2.09. The quantitative estimate of drug-likeness (QED) is 0.868. The molecular weight excluding hydrogens is 283 g/mol. The van der Waals surface area contributed by atoms with Crippen molar-refractivity contribution in [3.8, 4) is 5.75 Å². The number of carboxylic acid groups (broad SMARTS) is 1. The highest BCUT2D eigenvalue weighted by Crippen LogP contribution is 2.16. The van der Waals surface area contributed by atoms with E-state index < -0.39 is 12.1 Å². The van der Waals surface area contributed by atoms with Crippen LogP contribution < -0.4 is 4.74 Å². The Morgan fingerprint density at radius 2 is 2.31 bits per heavy atom. The van der Waals surface area contributed by atoms with Crippen LogP contribution in [-0.2, 0) is 4.79 Å². The van der Waals surface area contributed by atoms with Gasteiger partial charge in [-0.3, -0.25) is 0 Å². The zero-order valence-electron chi connectivity index (χ0n) is 7.03. The molecule has 0 aliphatic rings. The molecule has 4 heteroatoms. The normalized spacial score (nSPS) is 12.2. The summed E-state index contributed by atoms with van der Waals surface area (Å²) in [6, 6.07) is 7.27. The first-order valence-electron chi connectivity index (χ1n) is 3.74. The third-order valence-electron chi connectivity index (χ3n) is 1.46. The molecule has 1 aromatic carbocycles. The Kier molecular flexibility index (Phi) is 3.53. The molecular formula is C9H9IO3. The zero-order valence-corrected chi connectivity index (χ0v) is 9.19. The van der Waals surface area contributed by atoms with Crippen molar-refractivity contribution in [2.45, 2.75) is 13.0 Å². The fourth-order valence-corrected chi connectivity index (χ4v) is 1.31. The van der Waals surface area contributed by atoms with E-state index in [9.17, 15) is 4.79 Å². The molecule has 0 bridgehead atoms. The molecule has 0 radical (unpaired) electrons. The number of hydrogen-bond acceptors (Lipinski definition) is 2. The van der Waals surface area contributed by atoms with E-state index in [1.165, 1.54) is 6.92 Å². The van der Waals surface area contributed by atoms with Crippen molar-refractivity contribution in [3.63, 3.8) is 0 Å². The molecule has 1 rings (SSSR count). The van der Waals surface area contributed by atoms with Gasteiger partial charge in [0, 0.05) is 3.57 Å². The number of carbonyl (C=O) groups is 1. The van der Waals surface area contributed by atoms with Crippen molar-refractivity contribution in [1.29, 1.82) is 0 Å². The third-order valence-corrected chi connectivity index (χ3v) is 2.13. The highest BCUT2D eigenvalue weighted by atomic mass is 127. The third kappa shape index (κ3) is 3.22. The lowest BCUT2D eigenvalue weighted by molar-refractivity contribution is -0.144. The van der Waals surface area contributed by atoms with Gasteiger partial charge in [-0.25, -0.2) is 4.79 Å². The molecule has 0 aliphatic carbocycles. The molecule has 1 N–H and O–H groups in total. The van der Waals surface area contributed by atoms with Gasteiger partial charge in [-0.15, -0.1) is 0 Å². The molecule has 1 aromatic rings. The van der Waals surface area contributed by atoms with Gasteiger partial charge in [0.05, 0.1) is 0 Å². The van der Waals surface area contributed by atoms with Crippen molar-refractivity contribution in [2.75, 3.05) is 0 Å². The Bertz CT molecular complexity index is 311. The van der Waals surface area contributed by atoms with Crippen LogP contribution in [-0.4, -0.2) is 17.2 Å². The minimum absolute atomic E-state index is 0.585. The lowest BCUT2D eigenvalue weighted by atomic mass is 10.3. The SMILES string of the molecule is C[C@H](Oc1cccc(I)c1)C(=O)O. The van der Waals surface area contributed by atoms with Crippen LogP contribution in [0.3, 0.4) is 0 Å². The first kappa shape index (κ1) is 10.3. The Labute approximate surface area is 89.9 Å². The Balaban J connectivity index is 2.69. The average Bonchev–Trinajstić information content (AvgIpc) is 2.04. The number of halogens is 1. The summed E-state index contributed by atoms with van der Waals surface area (Å²) in [4.78, 5) is 10.5. The summed E-state index contributed by atoms with van der Waals surface area (Å²) in [5.74, 6) is -0.374. The fourth-order valence-electron chi connectivity index (χ4n) is 0.795. The monoisotopic (exact) mass is 292 g/mol. The summed E-state index contributed by atoms with van der Waals surface area (Å²) in [6.07, 6.45) is -0.807. The molecule has 0 spiro atoms. The summed E-state index contributed by atoms with van der Waals surface area (Å²) < 4.78 is 6.17. The maximum atomic E-state index is 10.5. The maximum absolute atomic E-state index is 10.5. The number of rotatable bonds is 3. The van der Waals surface area contributed by atoms with Crippen LogP contribution in [0.2, 0.25) is 0 Å². The van der Waals surface area contributed by atoms with Gasteiger partial charge in [-0.05, 0) is 47.7 Å². The van der Waals surface area contributed by atoms with Crippen LogP contribution in [0.25, 0.3) is 0 Å². The van der Waals surface area contributed by atoms with E-state index in [0.717, 1.165) is 3.57 Å². The van der Waals surface area contributed by atoms with Crippen LogP contribution in [0.15, 0.2) is 24.3 Å². The molecule has 13 heavy (non-hydrogen) atoms. The molecule has 0 unspecified atom stereocenters. The largest absolute Gasteiger partial charge is 0.479 e. The first-order valence-corrected chi connectivity index (χ1v) is 4.82. The second-order valence-electron chi connectivity index (χ2n) is 2.56. The molecule has 0 fully saturated rings. The molecule has 0 saturated carbocycles. The molecule has 0 saturated heterocycles. The fraction of sp³-hybridized carbons (Fsp3) is 0.222. The predicted octanol–water partition coefficient (Wildman–Crippen LogP) is 2.14. The minimum Gasteiger partial charge on any atom is -0.479 e. The van der Waals surface area contributed by atoms with Crippen LogP contribution in [0, 0.1) is 3.57 Å². The van der Waals surface area contributed by atoms with Gasteiger partial charge in [-0.1, -0.05) is 6.07 Å². The summed E-state index contributed by atoms with van der Waals surface area (Å²) >= 11 is 2.14. The molecule has 1 atom stereocenters. The van der Waals surface area contributed by atoms with Gasteiger partial charge in [0.15, 0.2) is 6.10 Å². The first-order chi connectivity index (χ1) is 6.09. The smallest absolute Gasteiger partial charge is 0.344 e. The van der Waals surface area contributed by atoms with Crippen LogP contribution in [0.4, 0.5) is 0 Å². The van der Waals surface area contributed by atoms with E-state index in [1.807, 2.05) is 12.1 Å². The highest BCUT2D eigenvalue weighted by molar-refractivity contribution is 14.1. The van der Waals surface area contributed by atoms with E-state index >= 15 is 0 Å². The van der Waals surface area contributed by atoms with Gasteiger partial charge < -0.3 is 9.84 Å². The van der Waals surface area contributed by atoms with Crippen LogP contribution in [0.5, 0.6) is 5.75 Å². The second kappa shape index (κ2) is 4.45. The van der Waals surface area contributed by atoms with Crippen molar-refractivity contribution < 1.29 is 14.6 Å². The molecule has 70 valence electrons. The second-order valence-corrected chi connectivity index (χ2v) is 3.80. The average molecular weight is 292 g/mol. The van der Waals surface area contributed by atoms with Gasteiger partial charge in [0.25, 0.3) is 0 Å². The van der Waals surface area contributed by atoms with Crippen LogP contribution in [0.1, 0.15) is 6.92 Å². The van der Waals surface area contributed by atoms with Gasteiger partial charge in [-0.2, -0.15) is 0 Å². The molecule has 3 nitrogen and oxygen atoms in total. The summed E-state index contributed by atoms with van der Waals surface area (Å²) in [5, 5.41) is 8.59. The van der Waals surface area contributed by atoms with Gasteiger partial charge >= 0.3 is 5.97 Å². The molecule has 0 heterocycles. The van der Waals surface area contributed by atoms with E-state index in [1.54, 1.807) is 12.1 Å². The van der Waals surface area contributed by atoms with Gasteiger partial charge in [0.2, 0.25) is 0 Å². The van der Waals surface area contributed by atoms with Crippen molar-refractivity contribution >= 4 is 28.6 Å². The van der Waals surface area contributed by atoms with E-state index in [4.69, 9.17) is 9.84 Å². The summed E-state index contributed by atoms with van der Waals surface area (Å²) in [6.45, 7) is 1.50. The number of aliphatic carboxylic acids is 1. The Morgan fingerprint density at radius 1 is 1.62 bits per heavy atom. The maximum Gasteiger partial charge on any atom is 0.344 e. The number of hydrogen-bond donors (Lipinski definition) is 1. The van der Waals surface area contributed by atoms with E-state index in [0.29, 0.717) is 5.75 Å². The number of carboxylic acids is 1. The number of ether oxygens (including phenoxy) is 1. The molecule has 0 aromatic heterocycles. The van der Waals surface area contributed by atoms with Crippen molar-refractivity contribution in [2.24, 2.45) is 0 Å². The lowest BCUT2D eigenvalue weighted by Crippen LogP contribution is -2.22. The molecule has 0 aliphatic heterocycles. The van der Waals surface area contributed by atoms with E-state index in [2.05, 4.69) is 22.6 Å². The zero-order chi connectivity index (χ0) is 9.84. The van der Waals surface area contributed by atoms with Crippen molar-refractivity contribution in [1.82, 2.24) is 0 Å². The predicted molar refractivity (Wildman–Crippen MR) is 56.9 cm³/mol. The summed E-state index contributed by atoms with van der Waals surface area (Å²) in [7, 11) is 0. The van der Waals surface area contributed by atoms with Crippen molar-refractivity contribution in [3.05, 3.63) is 27.8 Å². The van der Waals surface area contributed by atoms with E-state index in [-0.39, 0.29) is 0 Å². The standard InChI is InChI=1S/C9H9IO3/c1-6(9(11)12)13-8-4-2-3-7(10)5-8/h2-6H,1H3,(H,11,12)/t6-/m0/s1. The topological polar surface area (TPSA) is 46.5 Å².